The monoisotopic (exact) mass is 268 g/mol. The SMILES string of the molecule is C=CC(=O)O/C(=C\CC(CC)CCCC)C(=O)OC. The van der Waals surface area contributed by atoms with Crippen LogP contribution in [0.15, 0.2) is 24.5 Å². The molecule has 1 atom stereocenters. The van der Waals surface area contributed by atoms with Gasteiger partial charge in [0.15, 0.2) is 0 Å². The summed E-state index contributed by atoms with van der Waals surface area (Å²) in [4.78, 5) is 22.6. The Labute approximate surface area is 115 Å². The van der Waals surface area contributed by atoms with Crippen LogP contribution in [0.25, 0.3) is 0 Å². The summed E-state index contributed by atoms with van der Waals surface area (Å²) in [5.74, 6) is -0.858. The molecule has 1 unspecified atom stereocenters. The Bertz CT molecular complexity index is 331. The van der Waals surface area contributed by atoms with Crippen LogP contribution >= 0.6 is 0 Å². The van der Waals surface area contributed by atoms with Crippen molar-refractivity contribution in [3.8, 4) is 0 Å². The predicted molar refractivity (Wildman–Crippen MR) is 74.3 cm³/mol. The molecule has 0 rings (SSSR count). The molecule has 0 N–H and O–H groups in total. The van der Waals surface area contributed by atoms with E-state index < -0.39 is 11.9 Å². The van der Waals surface area contributed by atoms with E-state index in [4.69, 9.17) is 4.74 Å². The lowest BCUT2D eigenvalue weighted by Gasteiger charge is -2.12. The second-order valence-corrected chi connectivity index (χ2v) is 4.34. The highest BCUT2D eigenvalue weighted by molar-refractivity contribution is 5.92. The van der Waals surface area contributed by atoms with E-state index in [1.165, 1.54) is 7.11 Å². The molecule has 0 aliphatic carbocycles. The molecule has 0 radical (unpaired) electrons. The van der Waals surface area contributed by atoms with Gasteiger partial charge < -0.3 is 9.47 Å². The van der Waals surface area contributed by atoms with Crippen molar-refractivity contribution in [3.63, 3.8) is 0 Å². The number of hydrogen-bond donors (Lipinski definition) is 0. The summed E-state index contributed by atoms with van der Waals surface area (Å²) in [5.41, 5.74) is 0. The maximum Gasteiger partial charge on any atom is 0.373 e. The van der Waals surface area contributed by atoms with Crippen LogP contribution in [0.4, 0.5) is 0 Å². The topological polar surface area (TPSA) is 52.6 Å². The van der Waals surface area contributed by atoms with Gasteiger partial charge in [-0.1, -0.05) is 46.1 Å². The fraction of sp³-hybridized carbons (Fsp3) is 0.600. The second kappa shape index (κ2) is 10.4. The molecule has 0 saturated carbocycles. The number of carbonyl (C=O) groups excluding carboxylic acids is 2. The zero-order valence-electron chi connectivity index (χ0n) is 12.1. The smallest absolute Gasteiger partial charge is 0.373 e. The lowest BCUT2D eigenvalue weighted by molar-refractivity contribution is -0.147. The summed E-state index contributed by atoms with van der Waals surface area (Å²) >= 11 is 0. The average molecular weight is 268 g/mol. The molecule has 0 aromatic rings. The molecule has 0 aliphatic heterocycles. The van der Waals surface area contributed by atoms with Gasteiger partial charge in [0.05, 0.1) is 7.11 Å². The highest BCUT2D eigenvalue weighted by Gasteiger charge is 2.15. The third-order valence-corrected chi connectivity index (χ3v) is 2.94. The van der Waals surface area contributed by atoms with E-state index in [1.807, 2.05) is 0 Å². The molecular weight excluding hydrogens is 244 g/mol. The highest BCUT2D eigenvalue weighted by atomic mass is 16.6. The number of rotatable bonds is 9. The maximum atomic E-state index is 11.5. The number of hydrogen-bond acceptors (Lipinski definition) is 4. The van der Waals surface area contributed by atoms with Gasteiger partial charge in [-0.3, -0.25) is 0 Å². The van der Waals surface area contributed by atoms with E-state index in [1.54, 1.807) is 6.08 Å². The van der Waals surface area contributed by atoms with E-state index in [9.17, 15) is 9.59 Å². The zero-order valence-corrected chi connectivity index (χ0v) is 12.1. The standard InChI is InChI=1S/C15H24O4/c1-5-8-9-12(6-2)10-11-13(15(17)18-4)19-14(16)7-3/h7,11-12H,3,5-6,8-10H2,1-2,4H3/b13-11-. The number of esters is 2. The molecule has 0 spiro atoms. The average Bonchev–Trinajstić information content (AvgIpc) is 2.44. The van der Waals surface area contributed by atoms with Crippen molar-refractivity contribution in [1.29, 1.82) is 0 Å². The summed E-state index contributed by atoms with van der Waals surface area (Å²) in [7, 11) is 1.26. The van der Waals surface area contributed by atoms with Gasteiger partial charge in [0.2, 0.25) is 5.76 Å². The zero-order chi connectivity index (χ0) is 14.7. The molecule has 0 aromatic heterocycles. The van der Waals surface area contributed by atoms with Crippen LogP contribution < -0.4 is 0 Å². The van der Waals surface area contributed by atoms with Crippen molar-refractivity contribution in [3.05, 3.63) is 24.5 Å². The summed E-state index contributed by atoms with van der Waals surface area (Å²) in [6.45, 7) is 7.56. The van der Waals surface area contributed by atoms with Crippen LogP contribution in [0.1, 0.15) is 46.0 Å². The van der Waals surface area contributed by atoms with Crippen molar-refractivity contribution < 1.29 is 19.1 Å². The van der Waals surface area contributed by atoms with Crippen molar-refractivity contribution >= 4 is 11.9 Å². The molecule has 108 valence electrons. The van der Waals surface area contributed by atoms with Gasteiger partial charge in [0, 0.05) is 6.08 Å². The first-order chi connectivity index (χ1) is 9.08. The van der Waals surface area contributed by atoms with Crippen molar-refractivity contribution in [2.24, 2.45) is 5.92 Å². The molecular formula is C15H24O4. The van der Waals surface area contributed by atoms with Crippen LogP contribution in [0.3, 0.4) is 0 Å². The largest absolute Gasteiger partial charge is 0.463 e. The van der Waals surface area contributed by atoms with Gasteiger partial charge in [-0.05, 0) is 18.4 Å². The van der Waals surface area contributed by atoms with Gasteiger partial charge in [0.1, 0.15) is 0 Å². The molecule has 0 amide bonds. The number of methoxy groups -OCH3 is 1. The van der Waals surface area contributed by atoms with E-state index in [0.717, 1.165) is 31.8 Å². The Morgan fingerprint density at radius 1 is 1.32 bits per heavy atom. The van der Waals surface area contributed by atoms with E-state index in [0.29, 0.717) is 12.3 Å². The first kappa shape index (κ1) is 17.4. The summed E-state index contributed by atoms with van der Waals surface area (Å²) in [6.07, 6.45) is 7.79. The minimum atomic E-state index is -0.654. The van der Waals surface area contributed by atoms with Gasteiger partial charge in [-0.25, -0.2) is 9.59 Å². The summed E-state index contributed by atoms with van der Waals surface area (Å²) in [5, 5.41) is 0. The van der Waals surface area contributed by atoms with Crippen molar-refractivity contribution in [2.45, 2.75) is 46.0 Å². The normalized spacial score (nSPS) is 12.7. The van der Waals surface area contributed by atoms with Crippen molar-refractivity contribution in [1.82, 2.24) is 0 Å². The van der Waals surface area contributed by atoms with Crippen molar-refractivity contribution in [2.75, 3.05) is 7.11 Å². The number of allylic oxidation sites excluding steroid dienone is 1. The molecule has 0 aliphatic rings. The minimum Gasteiger partial charge on any atom is -0.463 e. The Kier molecular flexibility index (Phi) is 9.49. The molecule has 0 aromatic carbocycles. The molecule has 0 heterocycles. The van der Waals surface area contributed by atoms with E-state index in [2.05, 4.69) is 25.2 Å². The molecule has 0 fully saturated rings. The van der Waals surface area contributed by atoms with Crippen LogP contribution in [0.5, 0.6) is 0 Å². The van der Waals surface area contributed by atoms with Gasteiger partial charge in [-0.2, -0.15) is 0 Å². The third kappa shape index (κ3) is 7.44. The Hall–Kier alpha value is -1.58. The van der Waals surface area contributed by atoms with Crippen LogP contribution in [-0.2, 0) is 19.1 Å². The molecule has 0 saturated heterocycles. The Balaban J connectivity index is 4.64. The van der Waals surface area contributed by atoms with Gasteiger partial charge >= 0.3 is 11.9 Å². The van der Waals surface area contributed by atoms with Crippen LogP contribution in [0.2, 0.25) is 0 Å². The fourth-order valence-electron chi connectivity index (χ4n) is 1.67. The van der Waals surface area contributed by atoms with E-state index in [-0.39, 0.29) is 5.76 Å². The van der Waals surface area contributed by atoms with Crippen LogP contribution in [0, 0.1) is 5.92 Å². The Morgan fingerprint density at radius 3 is 2.47 bits per heavy atom. The predicted octanol–water partition coefficient (Wildman–Crippen LogP) is 3.38. The lowest BCUT2D eigenvalue weighted by atomic mass is 9.95. The molecule has 4 heteroatoms. The first-order valence-electron chi connectivity index (χ1n) is 6.71. The maximum absolute atomic E-state index is 11.5. The highest BCUT2D eigenvalue weighted by Crippen LogP contribution is 2.18. The van der Waals surface area contributed by atoms with E-state index >= 15 is 0 Å². The molecule has 19 heavy (non-hydrogen) atoms. The van der Waals surface area contributed by atoms with Gasteiger partial charge in [0.25, 0.3) is 0 Å². The fourth-order valence-corrected chi connectivity index (χ4v) is 1.67. The summed E-state index contributed by atoms with van der Waals surface area (Å²) in [6, 6.07) is 0. The molecule has 4 nitrogen and oxygen atoms in total. The number of carbonyl (C=O) groups is 2. The van der Waals surface area contributed by atoms with Crippen LogP contribution in [-0.4, -0.2) is 19.0 Å². The summed E-state index contributed by atoms with van der Waals surface area (Å²) < 4.78 is 9.47. The molecule has 0 bridgehead atoms. The van der Waals surface area contributed by atoms with Gasteiger partial charge in [-0.15, -0.1) is 0 Å². The first-order valence-corrected chi connectivity index (χ1v) is 6.71. The third-order valence-electron chi connectivity index (χ3n) is 2.94. The lowest BCUT2D eigenvalue weighted by Crippen LogP contribution is -2.12. The quantitative estimate of drug-likeness (QED) is 0.365. The number of unbranched alkanes of at least 4 members (excludes halogenated alkanes) is 1. The Morgan fingerprint density at radius 2 is 2.00 bits per heavy atom. The minimum absolute atomic E-state index is 0.0534. The second-order valence-electron chi connectivity index (χ2n) is 4.34. The number of ether oxygens (including phenoxy) is 2.